The van der Waals surface area contributed by atoms with E-state index >= 15 is 0 Å². The lowest BCUT2D eigenvalue weighted by Gasteiger charge is -2.29. The average Bonchev–Trinajstić information content (AvgIpc) is 2.82. The zero-order valence-electron chi connectivity index (χ0n) is 19.8. The fourth-order valence-electron chi connectivity index (χ4n) is 3.82. The van der Waals surface area contributed by atoms with E-state index in [1.54, 1.807) is 24.3 Å². The molecule has 0 N–H and O–H groups in total. The quantitative estimate of drug-likeness (QED) is 0.278. The van der Waals surface area contributed by atoms with Crippen molar-refractivity contribution in [2.75, 3.05) is 28.4 Å². The summed E-state index contributed by atoms with van der Waals surface area (Å²) in [5, 5.41) is 0. The Hall–Kier alpha value is -2.90. The van der Waals surface area contributed by atoms with Crippen molar-refractivity contribution in [3.63, 3.8) is 0 Å². The van der Waals surface area contributed by atoms with Gasteiger partial charge >= 0.3 is 23.9 Å². The maximum atomic E-state index is 12.6. The van der Waals surface area contributed by atoms with Crippen molar-refractivity contribution in [3.8, 4) is 0 Å². The van der Waals surface area contributed by atoms with Gasteiger partial charge in [-0.15, -0.1) is 0 Å². The highest BCUT2D eigenvalue weighted by Gasteiger charge is 2.48. The fourth-order valence-corrected chi connectivity index (χ4v) is 3.82. The molecule has 0 aromatic carbocycles. The Balaban J connectivity index is 3.48. The smallest absolute Gasteiger partial charge is 0.323 e. The standard InChI is InChI=1S/C24H34O8/c1-17-11-15-23(19(25)29-3,20(26)30-4)13-9-7-8-10-14-24(21(27)31-5,22(28)32-6)16-12-18(17)2/h7-10H,11-16H2,1-6H3. The predicted octanol–water partition coefficient (Wildman–Crippen LogP) is 3.45. The number of carbonyl (C=O) groups is 4. The van der Waals surface area contributed by atoms with Crippen LogP contribution in [0.4, 0.5) is 0 Å². The van der Waals surface area contributed by atoms with Crippen molar-refractivity contribution in [1.29, 1.82) is 0 Å². The molecule has 0 amide bonds. The second-order valence-corrected chi connectivity index (χ2v) is 7.96. The third-order valence-electron chi connectivity index (χ3n) is 6.20. The van der Waals surface area contributed by atoms with E-state index in [0.29, 0.717) is 12.8 Å². The highest BCUT2D eigenvalue weighted by molar-refractivity contribution is 6.01. The number of methoxy groups -OCH3 is 4. The summed E-state index contributed by atoms with van der Waals surface area (Å²) in [5.41, 5.74) is -1.02. The van der Waals surface area contributed by atoms with E-state index in [1.165, 1.54) is 28.4 Å². The molecule has 178 valence electrons. The number of hydrogen-bond donors (Lipinski definition) is 0. The maximum Gasteiger partial charge on any atom is 0.323 e. The van der Waals surface area contributed by atoms with Crippen LogP contribution in [-0.2, 0) is 38.1 Å². The van der Waals surface area contributed by atoms with Gasteiger partial charge < -0.3 is 18.9 Å². The third kappa shape index (κ3) is 5.87. The van der Waals surface area contributed by atoms with Crippen molar-refractivity contribution < 1.29 is 38.1 Å². The zero-order valence-corrected chi connectivity index (χ0v) is 19.8. The molecule has 0 heterocycles. The Morgan fingerprint density at radius 2 is 0.906 bits per heavy atom. The minimum Gasteiger partial charge on any atom is -0.468 e. The molecule has 0 aromatic heterocycles. The van der Waals surface area contributed by atoms with Crippen molar-refractivity contribution in [1.82, 2.24) is 0 Å². The van der Waals surface area contributed by atoms with Crippen molar-refractivity contribution in [2.45, 2.75) is 52.4 Å². The lowest BCUT2D eigenvalue weighted by atomic mass is 9.76. The fraction of sp³-hybridized carbons (Fsp3) is 0.583. The molecule has 1 rings (SSSR count). The van der Waals surface area contributed by atoms with E-state index in [9.17, 15) is 19.2 Å². The Kier molecular flexibility index (Phi) is 10.4. The van der Waals surface area contributed by atoms with Crippen LogP contribution >= 0.6 is 0 Å². The number of allylic oxidation sites excluding steroid dienone is 6. The summed E-state index contributed by atoms with van der Waals surface area (Å²) in [7, 11) is 4.98. The minimum atomic E-state index is -1.46. The van der Waals surface area contributed by atoms with E-state index in [-0.39, 0.29) is 25.7 Å². The molecular formula is C24H34O8. The molecule has 0 radical (unpaired) electrons. The van der Waals surface area contributed by atoms with E-state index < -0.39 is 34.7 Å². The molecule has 0 aromatic rings. The monoisotopic (exact) mass is 450 g/mol. The van der Waals surface area contributed by atoms with E-state index in [1.807, 2.05) is 13.8 Å². The molecule has 0 fully saturated rings. The summed E-state index contributed by atoms with van der Waals surface area (Å²) in [5.74, 6) is -2.59. The Morgan fingerprint density at radius 1 is 0.625 bits per heavy atom. The van der Waals surface area contributed by atoms with Gasteiger partial charge in [0.1, 0.15) is 0 Å². The number of hydrogen-bond acceptors (Lipinski definition) is 8. The molecule has 8 nitrogen and oxygen atoms in total. The second kappa shape index (κ2) is 12.2. The van der Waals surface area contributed by atoms with Gasteiger partial charge in [0, 0.05) is 0 Å². The summed E-state index contributed by atoms with van der Waals surface area (Å²) in [4.78, 5) is 50.5. The lowest BCUT2D eigenvalue weighted by molar-refractivity contribution is -0.171. The Labute approximate surface area is 189 Å². The van der Waals surface area contributed by atoms with Crippen LogP contribution < -0.4 is 0 Å². The predicted molar refractivity (Wildman–Crippen MR) is 117 cm³/mol. The first kappa shape index (κ1) is 27.1. The maximum absolute atomic E-state index is 12.6. The highest BCUT2D eigenvalue weighted by atomic mass is 16.6. The summed E-state index contributed by atoms with van der Waals surface area (Å²) in [6.07, 6.45) is 8.07. The molecule has 8 heteroatoms. The Bertz CT molecular complexity index is 705. The van der Waals surface area contributed by atoms with Crippen molar-refractivity contribution in [3.05, 3.63) is 35.5 Å². The minimum absolute atomic E-state index is 0.0855. The first-order valence-electron chi connectivity index (χ1n) is 10.5. The summed E-state index contributed by atoms with van der Waals surface area (Å²) >= 11 is 0. The van der Waals surface area contributed by atoms with Gasteiger partial charge in [0.2, 0.25) is 0 Å². The van der Waals surface area contributed by atoms with Gasteiger partial charge in [-0.1, -0.05) is 35.5 Å². The third-order valence-corrected chi connectivity index (χ3v) is 6.20. The van der Waals surface area contributed by atoms with Crippen LogP contribution in [0.5, 0.6) is 0 Å². The normalized spacial score (nSPS) is 18.8. The number of carbonyl (C=O) groups excluding carboxylic acids is 4. The first-order valence-corrected chi connectivity index (χ1v) is 10.5. The number of rotatable bonds is 4. The van der Waals surface area contributed by atoms with E-state index in [4.69, 9.17) is 18.9 Å². The van der Waals surface area contributed by atoms with Gasteiger partial charge in [-0.3, -0.25) is 19.2 Å². The molecule has 0 atom stereocenters. The molecule has 0 bridgehead atoms. The van der Waals surface area contributed by atoms with E-state index in [2.05, 4.69) is 0 Å². The van der Waals surface area contributed by atoms with Crippen molar-refractivity contribution >= 4 is 23.9 Å². The van der Waals surface area contributed by atoms with Crippen LogP contribution in [0, 0.1) is 10.8 Å². The van der Waals surface area contributed by atoms with Gasteiger partial charge in [0.05, 0.1) is 28.4 Å². The number of esters is 4. The molecule has 0 saturated heterocycles. The van der Waals surface area contributed by atoms with Gasteiger partial charge in [-0.2, -0.15) is 0 Å². The van der Waals surface area contributed by atoms with Crippen LogP contribution in [0.15, 0.2) is 35.5 Å². The van der Waals surface area contributed by atoms with Crippen LogP contribution in [0.3, 0.4) is 0 Å². The van der Waals surface area contributed by atoms with Gasteiger partial charge in [0.15, 0.2) is 10.8 Å². The topological polar surface area (TPSA) is 105 Å². The van der Waals surface area contributed by atoms with Gasteiger partial charge in [-0.05, 0) is 52.4 Å². The molecule has 0 unspecified atom stereocenters. The first-order chi connectivity index (χ1) is 15.1. The molecule has 0 aliphatic heterocycles. The second-order valence-electron chi connectivity index (χ2n) is 7.96. The lowest BCUT2D eigenvalue weighted by Crippen LogP contribution is -2.41. The van der Waals surface area contributed by atoms with Gasteiger partial charge in [-0.25, -0.2) is 0 Å². The van der Waals surface area contributed by atoms with Crippen LogP contribution in [0.2, 0.25) is 0 Å². The molecule has 1 aliphatic rings. The summed E-state index contributed by atoms with van der Waals surface area (Å²) in [6, 6.07) is 0. The van der Waals surface area contributed by atoms with Crippen LogP contribution in [0.25, 0.3) is 0 Å². The summed E-state index contributed by atoms with van der Waals surface area (Å²) in [6.45, 7) is 3.79. The largest absolute Gasteiger partial charge is 0.468 e. The summed E-state index contributed by atoms with van der Waals surface area (Å²) < 4.78 is 19.8. The highest BCUT2D eigenvalue weighted by Crippen LogP contribution is 2.37. The Morgan fingerprint density at radius 3 is 1.16 bits per heavy atom. The van der Waals surface area contributed by atoms with Gasteiger partial charge in [0.25, 0.3) is 0 Å². The van der Waals surface area contributed by atoms with Crippen LogP contribution in [-0.4, -0.2) is 52.3 Å². The van der Waals surface area contributed by atoms with Crippen LogP contribution in [0.1, 0.15) is 52.4 Å². The molecule has 0 spiro atoms. The molecular weight excluding hydrogens is 416 g/mol. The van der Waals surface area contributed by atoms with Crippen molar-refractivity contribution in [2.24, 2.45) is 10.8 Å². The van der Waals surface area contributed by atoms with E-state index in [0.717, 1.165) is 11.1 Å². The molecule has 0 saturated carbocycles. The number of ether oxygens (including phenoxy) is 4. The molecule has 1 aliphatic carbocycles. The average molecular weight is 451 g/mol. The molecule has 32 heavy (non-hydrogen) atoms. The zero-order chi connectivity index (χ0) is 24.4. The SMILES string of the molecule is COC(=O)C1(C(=O)OC)CC=CC=CCC(C(=O)OC)(C(=O)OC)CCC(C)=C(C)CC1.